The summed E-state index contributed by atoms with van der Waals surface area (Å²) in [4.78, 5) is 16.3. The molecule has 0 saturated carbocycles. The lowest BCUT2D eigenvalue weighted by Gasteiger charge is -2.28. The number of carbonyl (C=O) groups is 1. The van der Waals surface area contributed by atoms with Crippen LogP contribution < -0.4 is 4.74 Å². The van der Waals surface area contributed by atoms with Crippen LogP contribution in [-0.4, -0.2) is 36.5 Å². The number of hydrogen-bond acceptors (Lipinski definition) is 5. The molecule has 0 aliphatic heterocycles. The molecule has 1 atom stereocenters. The number of hydrogen-bond donors (Lipinski definition) is 1. The molecule has 0 amide bonds. The fourth-order valence-electron chi connectivity index (χ4n) is 4.42. The van der Waals surface area contributed by atoms with Gasteiger partial charge in [0.2, 0.25) is 4.75 Å². The monoisotopic (exact) mass is 639 g/mol. The number of halogens is 3. The summed E-state index contributed by atoms with van der Waals surface area (Å²) in [6.45, 7) is -1.38. The molecule has 5 aromatic carbocycles. The fraction of sp³-hybridized carbons (Fsp3) is 0.121. The maximum Gasteiger partial charge on any atom is 0.413 e. The van der Waals surface area contributed by atoms with Crippen LogP contribution >= 0.6 is 0 Å². The van der Waals surface area contributed by atoms with Gasteiger partial charge in [0.25, 0.3) is 10.1 Å². The first-order chi connectivity index (χ1) is 20.9. The Morgan fingerprint density at radius 3 is 1.80 bits per heavy atom. The molecule has 226 valence electrons. The van der Waals surface area contributed by atoms with Crippen LogP contribution in [0.2, 0.25) is 0 Å². The molecule has 6 nitrogen and oxygen atoms in total. The van der Waals surface area contributed by atoms with Crippen LogP contribution in [0.1, 0.15) is 17.3 Å². The van der Waals surface area contributed by atoms with Gasteiger partial charge < -0.3 is 9.47 Å². The average molecular weight is 640 g/mol. The number of benzene rings is 5. The fourth-order valence-corrected chi connectivity index (χ4v) is 7.01. The Bertz CT molecular complexity index is 1840. The summed E-state index contributed by atoms with van der Waals surface area (Å²) in [5.74, 6) is -0.286. The number of esters is 1. The molecule has 1 N–H and O–H groups in total. The van der Waals surface area contributed by atoms with Crippen molar-refractivity contribution in [3.05, 3.63) is 127 Å². The molecule has 0 radical (unpaired) electrons. The van der Waals surface area contributed by atoms with E-state index >= 15 is 0 Å². The maximum atomic E-state index is 13.5. The first kappa shape index (κ1) is 31.1. The van der Waals surface area contributed by atoms with Gasteiger partial charge >= 0.3 is 12.1 Å². The molecule has 0 aliphatic carbocycles. The second kappa shape index (κ2) is 12.4. The zero-order valence-electron chi connectivity index (χ0n) is 23.2. The van der Waals surface area contributed by atoms with Crippen molar-refractivity contribution in [3.63, 3.8) is 0 Å². The van der Waals surface area contributed by atoms with Crippen LogP contribution in [0, 0.1) is 0 Å². The quantitative estimate of drug-likeness (QED) is 0.0996. The Hall–Kier alpha value is -4.32. The topological polar surface area (TPSA) is 89.9 Å². The van der Waals surface area contributed by atoms with Gasteiger partial charge in [0.1, 0.15) is 18.1 Å². The maximum absolute atomic E-state index is 13.5. The summed E-state index contributed by atoms with van der Waals surface area (Å²) >= 11 is 0. The number of carbonyl (C=O) groups excluding carboxylic acids is 1. The van der Waals surface area contributed by atoms with E-state index in [1.807, 2.05) is 60.7 Å². The van der Waals surface area contributed by atoms with Crippen molar-refractivity contribution in [1.29, 1.82) is 0 Å². The van der Waals surface area contributed by atoms with Crippen molar-refractivity contribution >= 4 is 37.8 Å². The molecule has 0 spiro atoms. The smallest absolute Gasteiger partial charge is 0.413 e. The minimum absolute atomic E-state index is 0.0991. The van der Waals surface area contributed by atoms with Crippen molar-refractivity contribution in [1.82, 2.24) is 0 Å². The summed E-state index contributed by atoms with van der Waals surface area (Å²) in [5.41, 5.74) is -0.0991. The van der Waals surface area contributed by atoms with E-state index in [0.29, 0.717) is 22.3 Å². The van der Waals surface area contributed by atoms with Crippen LogP contribution in [0.5, 0.6) is 11.5 Å². The molecule has 0 aromatic heterocycles. The minimum Gasteiger partial charge on any atom is -0.460 e. The van der Waals surface area contributed by atoms with E-state index in [2.05, 4.69) is 24.3 Å². The highest BCUT2D eigenvalue weighted by Gasteiger charge is 2.61. The Balaban J connectivity index is 1.40. The third-order valence-electron chi connectivity index (χ3n) is 6.99. The Kier molecular flexibility index (Phi) is 8.73. The van der Waals surface area contributed by atoms with Crippen LogP contribution in [0.4, 0.5) is 13.2 Å². The van der Waals surface area contributed by atoms with Gasteiger partial charge in [-0.3, -0.25) is 4.55 Å². The molecule has 5 rings (SSSR count). The first-order valence-corrected chi connectivity index (χ1v) is 15.9. The largest absolute Gasteiger partial charge is 0.460 e. The molecule has 0 heterocycles. The van der Waals surface area contributed by atoms with Gasteiger partial charge in [-0.2, -0.15) is 21.6 Å². The van der Waals surface area contributed by atoms with Crippen molar-refractivity contribution in [2.45, 2.75) is 32.5 Å². The predicted octanol–water partition coefficient (Wildman–Crippen LogP) is 8.09. The molecule has 44 heavy (non-hydrogen) atoms. The zero-order valence-corrected chi connectivity index (χ0v) is 24.8. The molecule has 0 fully saturated rings. The van der Waals surface area contributed by atoms with E-state index in [9.17, 15) is 30.9 Å². The predicted molar refractivity (Wildman–Crippen MR) is 162 cm³/mol. The highest BCUT2D eigenvalue weighted by molar-refractivity contribution is 7.97. The summed E-state index contributed by atoms with van der Waals surface area (Å²) in [7, 11) is -6.00. The van der Waals surface area contributed by atoms with Crippen LogP contribution in [0.3, 0.4) is 0 Å². The third-order valence-corrected chi connectivity index (χ3v) is 10.7. The average Bonchev–Trinajstić information content (AvgIpc) is 3.00. The second-order valence-electron chi connectivity index (χ2n) is 9.94. The molecule has 0 aliphatic rings. The summed E-state index contributed by atoms with van der Waals surface area (Å²) in [5, 5.41) is 0.801. The molecular formula is C33H26F3O6S2+. The number of alkyl halides is 3. The van der Waals surface area contributed by atoms with Gasteiger partial charge in [0, 0.05) is 5.39 Å². The lowest BCUT2D eigenvalue weighted by Crippen LogP contribution is -2.53. The molecule has 5 aromatic rings. The van der Waals surface area contributed by atoms with Gasteiger partial charge in [0.15, 0.2) is 14.7 Å². The van der Waals surface area contributed by atoms with Gasteiger partial charge in [0.05, 0.1) is 16.5 Å². The SMILES string of the molecule is CC(COC(=O)c1cccc2c(Oc3ccc([S+](c4ccccc4)c4ccccc4)cc3)cccc12)(C(F)(F)F)S(=O)(=O)O. The van der Waals surface area contributed by atoms with Crippen molar-refractivity contribution in [2.75, 3.05) is 6.61 Å². The van der Waals surface area contributed by atoms with Crippen LogP contribution in [-0.2, 0) is 25.7 Å². The highest BCUT2D eigenvalue weighted by atomic mass is 32.2. The van der Waals surface area contributed by atoms with E-state index in [0.717, 1.165) is 14.7 Å². The van der Waals surface area contributed by atoms with Gasteiger partial charge in [-0.1, -0.05) is 60.7 Å². The van der Waals surface area contributed by atoms with Crippen LogP contribution in [0.25, 0.3) is 10.8 Å². The number of fused-ring (bicyclic) bond motifs is 1. The van der Waals surface area contributed by atoms with E-state index in [1.165, 1.54) is 12.1 Å². The lowest BCUT2D eigenvalue weighted by molar-refractivity contribution is -0.167. The zero-order chi connectivity index (χ0) is 31.5. The minimum atomic E-state index is -5.65. The van der Waals surface area contributed by atoms with E-state index in [1.54, 1.807) is 24.3 Å². The summed E-state index contributed by atoms with van der Waals surface area (Å²) in [6.07, 6.45) is -5.39. The van der Waals surface area contributed by atoms with Crippen molar-refractivity contribution in [2.24, 2.45) is 0 Å². The van der Waals surface area contributed by atoms with E-state index in [4.69, 9.17) is 9.47 Å². The molecule has 0 bridgehead atoms. The normalized spacial score (nSPS) is 13.4. The third kappa shape index (κ3) is 6.30. The number of rotatable bonds is 9. The first-order valence-electron chi connectivity index (χ1n) is 13.2. The summed E-state index contributed by atoms with van der Waals surface area (Å²) < 4.78 is 79.9. The molecule has 0 saturated heterocycles. The van der Waals surface area contributed by atoms with E-state index < -0.39 is 33.6 Å². The Morgan fingerprint density at radius 2 is 1.25 bits per heavy atom. The molecule has 11 heteroatoms. The summed E-state index contributed by atoms with van der Waals surface area (Å²) in [6, 6.07) is 37.4. The standard InChI is InChI=1S/C33H25F3O6S2/c1-32(33(34,35)36,44(38,39)40)22-41-31(37)29-16-8-15-28-27(29)14-9-17-30(28)42-23-18-20-26(21-19-23)43(24-10-4-2-5-11-24)25-12-6-3-7-13-25/h2-21H,22H2,1H3/p+1. The van der Waals surface area contributed by atoms with Crippen molar-refractivity contribution in [3.8, 4) is 11.5 Å². The van der Waals surface area contributed by atoms with Gasteiger partial charge in [-0.15, -0.1) is 0 Å². The Morgan fingerprint density at radius 1 is 0.727 bits per heavy atom. The van der Waals surface area contributed by atoms with Gasteiger partial charge in [-0.25, -0.2) is 4.79 Å². The van der Waals surface area contributed by atoms with Gasteiger partial charge in [-0.05, 0) is 73.0 Å². The lowest BCUT2D eigenvalue weighted by atomic mass is 10.0. The number of ether oxygens (including phenoxy) is 2. The van der Waals surface area contributed by atoms with E-state index in [-0.39, 0.29) is 23.4 Å². The highest BCUT2D eigenvalue weighted by Crippen LogP contribution is 2.38. The second-order valence-corrected chi connectivity index (χ2v) is 13.8. The molecular weight excluding hydrogens is 613 g/mol. The van der Waals surface area contributed by atoms with Crippen molar-refractivity contribution < 1.29 is 40.4 Å². The van der Waals surface area contributed by atoms with Crippen LogP contribution in [0.15, 0.2) is 136 Å². The molecule has 1 unspecified atom stereocenters. The Labute approximate surface area is 255 Å².